The molecule has 2 heterocycles. The summed E-state index contributed by atoms with van der Waals surface area (Å²) >= 11 is 0. The summed E-state index contributed by atoms with van der Waals surface area (Å²) in [5.74, 6) is -0.772. The van der Waals surface area contributed by atoms with E-state index in [2.05, 4.69) is 15.4 Å². The number of carbonyl (C=O) groups excluding carboxylic acids is 1. The van der Waals surface area contributed by atoms with Crippen LogP contribution in [0.25, 0.3) is 22.3 Å². The Hall–Kier alpha value is -3.75. The molecule has 0 aliphatic heterocycles. The van der Waals surface area contributed by atoms with Gasteiger partial charge in [0.05, 0.1) is 22.3 Å². The summed E-state index contributed by atoms with van der Waals surface area (Å²) in [6, 6.07) is 10.6. The van der Waals surface area contributed by atoms with Gasteiger partial charge in [-0.25, -0.2) is 14.4 Å². The number of amides is 1. The van der Waals surface area contributed by atoms with E-state index in [9.17, 15) is 22.4 Å². The van der Waals surface area contributed by atoms with Crippen LogP contribution >= 0.6 is 0 Å². The zero-order valence-corrected chi connectivity index (χ0v) is 15.5. The van der Waals surface area contributed by atoms with Crippen molar-refractivity contribution in [3.05, 3.63) is 83.6 Å². The molecule has 2 aromatic heterocycles. The highest BCUT2D eigenvalue weighted by Gasteiger charge is 2.30. The van der Waals surface area contributed by atoms with Gasteiger partial charge in [0.25, 0.3) is 5.91 Å². The van der Waals surface area contributed by atoms with Crippen molar-refractivity contribution in [1.82, 2.24) is 14.6 Å². The highest BCUT2D eigenvalue weighted by atomic mass is 19.4. The third-order valence-electron chi connectivity index (χ3n) is 4.55. The lowest BCUT2D eigenvalue weighted by molar-refractivity contribution is -0.137. The number of aromatic nitrogens is 3. The number of benzene rings is 2. The molecule has 0 atom stereocenters. The highest BCUT2D eigenvalue weighted by Crippen LogP contribution is 2.31. The number of hydrogen-bond donors (Lipinski definition) is 1. The van der Waals surface area contributed by atoms with E-state index in [4.69, 9.17) is 0 Å². The number of nitrogens with one attached hydrogen (secondary N) is 1. The molecule has 0 saturated heterocycles. The van der Waals surface area contributed by atoms with Gasteiger partial charge in [-0.05, 0) is 37.3 Å². The second-order valence-corrected chi connectivity index (χ2v) is 6.60. The highest BCUT2D eigenvalue weighted by molar-refractivity contribution is 6.01. The molecule has 30 heavy (non-hydrogen) atoms. The van der Waals surface area contributed by atoms with Crippen LogP contribution in [0.15, 0.2) is 60.9 Å². The van der Waals surface area contributed by atoms with E-state index in [1.807, 2.05) is 0 Å². The molecule has 4 aromatic rings. The Morgan fingerprint density at radius 2 is 1.90 bits per heavy atom. The van der Waals surface area contributed by atoms with Crippen molar-refractivity contribution in [2.45, 2.75) is 13.1 Å². The minimum absolute atomic E-state index is 0.143. The first-order valence-electron chi connectivity index (χ1n) is 8.81. The molecule has 5 nitrogen and oxygen atoms in total. The summed E-state index contributed by atoms with van der Waals surface area (Å²) in [6.07, 6.45) is -1.74. The van der Waals surface area contributed by atoms with Gasteiger partial charge in [-0.1, -0.05) is 18.2 Å². The molecule has 0 unspecified atom stereocenters. The number of rotatable bonds is 3. The molecule has 1 N–H and O–H groups in total. The Labute approximate surface area is 168 Å². The summed E-state index contributed by atoms with van der Waals surface area (Å²) in [4.78, 5) is 21.0. The molecule has 0 aliphatic rings. The first kappa shape index (κ1) is 19.6. The van der Waals surface area contributed by atoms with Crippen LogP contribution in [-0.2, 0) is 6.18 Å². The fourth-order valence-corrected chi connectivity index (χ4v) is 3.03. The van der Waals surface area contributed by atoms with Crippen LogP contribution in [0.2, 0.25) is 0 Å². The van der Waals surface area contributed by atoms with Crippen molar-refractivity contribution in [2.24, 2.45) is 0 Å². The molecule has 1 amide bonds. The Morgan fingerprint density at radius 3 is 2.60 bits per heavy atom. The topological polar surface area (TPSA) is 59.8 Å². The Kier molecular flexibility index (Phi) is 4.73. The zero-order chi connectivity index (χ0) is 21.5. The molecule has 0 spiro atoms. The van der Waals surface area contributed by atoms with Gasteiger partial charge in [0, 0.05) is 23.3 Å². The second kappa shape index (κ2) is 7.25. The second-order valence-electron chi connectivity index (χ2n) is 6.60. The Morgan fingerprint density at radius 1 is 1.10 bits per heavy atom. The quantitative estimate of drug-likeness (QED) is 0.483. The van der Waals surface area contributed by atoms with Gasteiger partial charge in [0.15, 0.2) is 5.82 Å². The minimum Gasteiger partial charge on any atom is -0.267 e. The van der Waals surface area contributed by atoms with E-state index in [1.165, 1.54) is 41.3 Å². The van der Waals surface area contributed by atoms with Crippen LogP contribution in [0, 0.1) is 12.7 Å². The average molecular weight is 414 g/mol. The smallest absolute Gasteiger partial charge is 0.267 e. The van der Waals surface area contributed by atoms with Crippen molar-refractivity contribution < 1.29 is 22.4 Å². The van der Waals surface area contributed by atoms with Gasteiger partial charge < -0.3 is 0 Å². The predicted molar refractivity (Wildman–Crippen MR) is 103 cm³/mol. The lowest BCUT2D eigenvalue weighted by Crippen LogP contribution is -2.23. The molecular weight excluding hydrogens is 400 g/mol. The Balaban J connectivity index is 1.63. The van der Waals surface area contributed by atoms with Crippen LogP contribution in [0.3, 0.4) is 0 Å². The summed E-state index contributed by atoms with van der Waals surface area (Å²) in [5.41, 5.74) is 2.87. The molecule has 0 aliphatic carbocycles. The molecule has 9 heteroatoms. The fraction of sp³-hybridized carbons (Fsp3) is 0.0952. The number of carbonyl (C=O) groups is 1. The van der Waals surface area contributed by atoms with Crippen molar-refractivity contribution in [3.8, 4) is 11.4 Å². The van der Waals surface area contributed by atoms with Gasteiger partial charge in [-0.15, -0.1) is 0 Å². The molecule has 152 valence electrons. The molecule has 2 aromatic carbocycles. The molecule has 0 fully saturated rings. The normalized spacial score (nSPS) is 11.6. The summed E-state index contributed by atoms with van der Waals surface area (Å²) < 4.78 is 53.6. The van der Waals surface area contributed by atoms with E-state index in [1.54, 1.807) is 19.1 Å². The number of aryl methyl sites for hydroxylation is 1. The molecule has 0 saturated carbocycles. The van der Waals surface area contributed by atoms with E-state index in [0.29, 0.717) is 16.6 Å². The number of alkyl halides is 3. The van der Waals surface area contributed by atoms with Crippen molar-refractivity contribution >= 4 is 16.8 Å². The maximum atomic E-state index is 13.4. The van der Waals surface area contributed by atoms with Gasteiger partial charge in [0.1, 0.15) is 5.82 Å². The molecule has 0 bridgehead atoms. The van der Waals surface area contributed by atoms with Crippen molar-refractivity contribution in [2.75, 3.05) is 5.43 Å². The number of nitrogens with zero attached hydrogens (tertiary/aromatic N) is 3. The van der Waals surface area contributed by atoms with Crippen LogP contribution in [0.1, 0.15) is 21.6 Å². The van der Waals surface area contributed by atoms with E-state index < -0.39 is 23.5 Å². The van der Waals surface area contributed by atoms with E-state index >= 15 is 0 Å². The lowest BCUT2D eigenvalue weighted by Gasteiger charge is -2.12. The first-order valence-corrected chi connectivity index (χ1v) is 8.81. The summed E-state index contributed by atoms with van der Waals surface area (Å²) in [7, 11) is 0. The SMILES string of the molecule is Cc1nc(-c2cccc(F)c2)ncc1C(=O)Nn1ccc2ccc(C(F)(F)F)cc21. The van der Waals surface area contributed by atoms with E-state index in [0.717, 1.165) is 12.1 Å². The third kappa shape index (κ3) is 3.73. The average Bonchev–Trinajstić information content (AvgIpc) is 3.09. The lowest BCUT2D eigenvalue weighted by atomic mass is 10.1. The summed E-state index contributed by atoms with van der Waals surface area (Å²) in [5, 5.41) is 0.540. The van der Waals surface area contributed by atoms with Crippen molar-refractivity contribution in [3.63, 3.8) is 0 Å². The monoisotopic (exact) mass is 414 g/mol. The number of fused-ring (bicyclic) bond motifs is 1. The summed E-state index contributed by atoms with van der Waals surface area (Å²) in [6.45, 7) is 1.59. The molecular formula is C21H14F4N4O. The molecule has 0 radical (unpaired) electrons. The maximum Gasteiger partial charge on any atom is 0.416 e. The maximum absolute atomic E-state index is 13.4. The fourth-order valence-electron chi connectivity index (χ4n) is 3.03. The standard InChI is InChI=1S/C21H14F4N4O/c1-12-17(11-26-19(27-12)14-3-2-4-16(22)9-14)20(30)28-29-8-7-13-5-6-15(10-18(13)29)21(23,24)25/h2-11H,1H3,(H,28,30). The van der Waals surface area contributed by atoms with Gasteiger partial charge in [-0.2, -0.15) is 13.2 Å². The van der Waals surface area contributed by atoms with Crippen LogP contribution in [-0.4, -0.2) is 20.6 Å². The number of hydrogen-bond acceptors (Lipinski definition) is 3. The van der Waals surface area contributed by atoms with Gasteiger partial charge in [0.2, 0.25) is 0 Å². The first-order chi connectivity index (χ1) is 14.2. The Bertz CT molecular complexity index is 1260. The van der Waals surface area contributed by atoms with E-state index in [-0.39, 0.29) is 16.9 Å². The van der Waals surface area contributed by atoms with Gasteiger partial charge in [-0.3, -0.25) is 14.9 Å². The minimum atomic E-state index is -4.50. The number of halogens is 4. The van der Waals surface area contributed by atoms with Crippen LogP contribution < -0.4 is 5.43 Å². The largest absolute Gasteiger partial charge is 0.416 e. The zero-order valence-electron chi connectivity index (χ0n) is 15.5. The van der Waals surface area contributed by atoms with Gasteiger partial charge >= 0.3 is 6.18 Å². The van der Waals surface area contributed by atoms with Crippen LogP contribution in [0.4, 0.5) is 17.6 Å². The molecule has 4 rings (SSSR count). The predicted octanol–water partition coefficient (Wildman–Crippen LogP) is 4.95. The van der Waals surface area contributed by atoms with Crippen molar-refractivity contribution in [1.29, 1.82) is 0 Å². The third-order valence-corrected chi connectivity index (χ3v) is 4.55. The van der Waals surface area contributed by atoms with Crippen LogP contribution in [0.5, 0.6) is 0 Å².